The summed E-state index contributed by atoms with van der Waals surface area (Å²) >= 11 is 0. The number of nitrogens with zero attached hydrogens (tertiary/aromatic N) is 2. The van der Waals surface area contributed by atoms with E-state index >= 15 is 0 Å². The Morgan fingerprint density at radius 3 is 0.600 bits per heavy atom. The van der Waals surface area contributed by atoms with Crippen molar-refractivity contribution in [2.45, 2.75) is 14.9 Å². The average molecular weight is 172 g/mol. The molecular formula is C2H32N6O2. The molecule has 0 spiro atoms. The summed E-state index contributed by atoms with van der Waals surface area (Å²) in [5.41, 5.74) is 0. The van der Waals surface area contributed by atoms with Gasteiger partial charge < -0.3 is 35.6 Å². The van der Waals surface area contributed by atoms with E-state index in [-0.39, 0.29) is 56.1 Å². The fourth-order valence-corrected chi connectivity index (χ4v) is 0. The minimum atomic E-state index is 0. The van der Waals surface area contributed by atoms with E-state index in [1.165, 1.54) is 0 Å². The highest BCUT2D eigenvalue weighted by molar-refractivity contribution is 2.50. The van der Waals surface area contributed by atoms with Gasteiger partial charge in [0.25, 0.3) is 0 Å². The average Bonchev–Trinajstić information content (AvgIpc) is 1.00. The molecule has 0 radical (unpaired) electrons. The molecule has 0 aliphatic carbocycles. The van der Waals surface area contributed by atoms with Crippen molar-refractivity contribution in [3.63, 3.8) is 0 Å². The third kappa shape index (κ3) is 408. The molecule has 0 fully saturated rings. The maximum atomic E-state index is 6.00. The summed E-state index contributed by atoms with van der Waals surface area (Å²) < 4.78 is 0. The second-order valence-corrected chi connectivity index (χ2v) is 0. The first-order valence-corrected chi connectivity index (χ1v) is 0.200. The molecule has 0 aromatic heterocycles. The second-order valence-electron chi connectivity index (χ2n) is 0. The van der Waals surface area contributed by atoms with Gasteiger partial charge in [-0.25, -0.2) is 0 Å². The van der Waals surface area contributed by atoms with Crippen molar-refractivity contribution in [1.82, 2.24) is 24.6 Å². The van der Waals surface area contributed by atoms with Crippen LogP contribution in [0.1, 0.15) is 20.6 Å². The second kappa shape index (κ2) is 627. The van der Waals surface area contributed by atoms with Crippen LogP contribution in [0, 0.1) is 10.8 Å². The van der Waals surface area contributed by atoms with Gasteiger partial charge in [0.2, 0.25) is 0 Å². The molecule has 0 saturated heterocycles. The zero-order chi connectivity index (χ0) is 2.00. The Balaban J connectivity index is -0.0000000000758. The third-order valence-electron chi connectivity index (χ3n) is 0. The van der Waals surface area contributed by atoms with Crippen LogP contribution in [0.5, 0.6) is 0 Å². The molecule has 0 unspecified atom stereocenters. The Hall–Kier alpha value is -0.820. The van der Waals surface area contributed by atoms with E-state index in [9.17, 15) is 0 Å². The molecule has 0 rings (SSSR count). The Morgan fingerprint density at radius 2 is 0.600 bits per heavy atom. The molecule has 0 aromatic carbocycles. The molecule has 0 bridgehead atoms. The predicted molar refractivity (Wildman–Crippen MR) is 52.7 cm³/mol. The minimum Gasteiger partial charge on any atom is -0.412 e. The lowest BCUT2D eigenvalue weighted by Gasteiger charge is -0.577. The van der Waals surface area contributed by atoms with Crippen LogP contribution in [-0.4, -0.2) is 11.0 Å². The maximum absolute atomic E-state index is 6.00. The van der Waals surface area contributed by atoms with Gasteiger partial charge in [0.1, 0.15) is 0 Å². The summed E-state index contributed by atoms with van der Waals surface area (Å²) in [6.45, 7) is 0. The zero-order valence-electron chi connectivity index (χ0n) is 4.72. The topological polar surface area (TPSA) is 251 Å². The summed E-state index contributed by atoms with van der Waals surface area (Å²) in [5.74, 6) is 0. The molecule has 16 N–H and O–H groups in total. The zero-order valence-corrected chi connectivity index (χ0v) is 4.72. The molecule has 82 valence electrons. The van der Waals surface area contributed by atoms with E-state index in [0.717, 1.165) is 0 Å². The van der Waals surface area contributed by atoms with Crippen LogP contribution in [0.4, 0.5) is 0 Å². The van der Waals surface area contributed by atoms with Gasteiger partial charge in [0.05, 0.1) is 0 Å². The van der Waals surface area contributed by atoms with Gasteiger partial charge >= 0.3 is 0 Å². The number of rotatable bonds is 0. The molecule has 0 heterocycles. The minimum absolute atomic E-state index is 0. The Labute approximate surface area is 68.3 Å². The van der Waals surface area contributed by atoms with Crippen molar-refractivity contribution in [3.05, 3.63) is 0 Å². The van der Waals surface area contributed by atoms with E-state index in [0.29, 0.717) is 0 Å². The molecular weight excluding hydrogens is 140 g/mol. The van der Waals surface area contributed by atoms with E-state index in [4.69, 9.17) is 10.8 Å². The van der Waals surface area contributed by atoms with Crippen molar-refractivity contribution >= 4 is 0 Å². The van der Waals surface area contributed by atoms with Gasteiger partial charge in [-0.15, -0.1) is 0 Å². The largest absolute Gasteiger partial charge is 0.412 e. The van der Waals surface area contributed by atoms with Crippen LogP contribution < -0.4 is 24.6 Å². The van der Waals surface area contributed by atoms with Crippen LogP contribution in [0.15, 0.2) is 0 Å². The van der Waals surface area contributed by atoms with Crippen molar-refractivity contribution < 1.29 is 16.7 Å². The van der Waals surface area contributed by atoms with Crippen LogP contribution in [0.2, 0.25) is 0 Å². The monoisotopic (exact) mass is 172 g/mol. The first-order chi connectivity index (χ1) is 1.00. The Kier molecular flexibility index (Phi) is 1190000. The molecule has 10 heavy (non-hydrogen) atoms. The van der Waals surface area contributed by atoms with E-state index in [1.54, 1.807) is 0 Å². The van der Waals surface area contributed by atoms with E-state index in [2.05, 4.69) is 0 Å². The Bertz CT molecular complexity index is 30.5. The first kappa shape index (κ1) is 19000. The van der Waals surface area contributed by atoms with Crippen molar-refractivity contribution in [3.8, 4) is 0 Å². The smallest absolute Gasteiger partial charge is 0 e. The summed E-state index contributed by atoms with van der Waals surface area (Å²) in [4.78, 5) is 0. The highest BCUT2D eigenvalue weighted by Crippen LogP contribution is 0.592. The fourth-order valence-electron chi connectivity index (χ4n) is 0. The Morgan fingerprint density at radius 1 is 0.600 bits per heavy atom. The van der Waals surface area contributed by atoms with Crippen LogP contribution in [-0.2, 0) is 0 Å². The van der Waals surface area contributed by atoms with E-state index < -0.39 is 0 Å². The quantitative estimate of drug-likeness (QED) is 0.391. The van der Waals surface area contributed by atoms with Crippen LogP contribution in [0.3, 0.4) is 0 Å². The third-order valence-corrected chi connectivity index (χ3v) is 0. The highest BCUT2D eigenvalue weighted by Gasteiger charge is 0.577. The van der Waals surface area contributed by atoms with Gasteiger partial charge in [-0.05, 0) is 0 Å². The standard InChI is InChI=1S/2CH4.N2.4H3N.2H2O.4H2/c;;1-2;;;;;;;;;;/h2*1H4;;4*1H3;2*1H2;4*1H. The van der Waals surface area contributed by atoms with Gasteiger partial charge in [-0.1, -0.05) is 14.9 Å². The van der Waals surface area contributed by atoms with E-state index in [1.807, 2.05) is 0 Å². The van der Waals surface area contributed by atoms with Crippen molar-refractivity contribution in [2.24, 2.45) is 0 Å². The van der Waals surface area contributed by atoms with Crippen molar-refractivity contribution in [2.75, 3.05) is 0 Å². The summed E-state index contributed by atoms with van der Waals surface area (Å²) in [5, 5.41) is 12.0. The van der Waals surface area contributed by atoms with Crippen molar-refractivity contribution in [1.29, 1.82) is 10.8 Å². The molecule has 0 atom stereocenters. The lowest BCUT2D eigenvalue weighted by Crippen LogP contribution is -0.562. The first-order valence-electron chi connectivity index (χ1n) is 0.200. The number of hydrogen-bond donors (Lipinski definition) is 4. The van der Waals surface area contributed by atoms with Crippen LogP contribution >= 0.6 is 0 Å². The van der Waals surface area contributed by atoms with Gasteiger partial charge in [-0.2, -0.15) is 0 Å². The summed E-state index contributed by atoms with van der Waals surface area (Å²) in [7, 11) is 0. The van der Waals surface area contributed by atoms with Crippen LogP contribution in [0.25, 0.3) is 0 Å². The van der Waals surface area contributed by atoms with Gasteiger partial charge in [-0.3, -0.25) is 0 Å². The molecule has 8 heteroatoms. The fraction of sp³-hybridized carbons (Fsp3) is 1.00. The lowest BCUT2D eigenvalue weighted by atomic mass is 12.0. The summed E-state index contributed by atoms with van der Waals surface area (Å²) in [6.07, 6.45) is 0. The van der Waals surface area contributed by atoms with Gasteiger partial charge in [0, 0.05) is 16.5 Å². The molecule has 8 nitrogen and oxygen atoms in total. The molecule has 0 saturated carbocycles. The molecule has 0 amide bonds. The molecule has 0 aromatic rings. The number of hydrogen-bond acceptors (Lipinski definition) is 6. The normalized spacial score (nSPS) is 0.200. The molecule has 0 aliphatic heterocycles. The summed E-state index contributed by atoms with van der Waals surface area (Å²) in [6, 6.07) is 0. The SMILES string of the molecule is C.C.N.N.N.N.N#N.O.O.[HH].[HH].[HH].[HH]. The highest BCUT2D eigenvalue weighted by atomic mass is 16.0. The molecule has 0 aliphatic rings. The maximum Gasteiger partial charge on any atom is 0 e. The predicted octanol–water partition coefficient (Wildman–Crippen LogP) is 1.28. The van der Waals surface area contributed by atoms with Gasteiger partial charge in [0.15, 0.2) is 0 Å². The lowest BCUT2D eigenvalue weighted by molar-refractivity contribution is 0.823.